The van der Waals surface area contributed by atoms with Crippen LogP contribution in [0.3, 0.4) is 0 Å². The van der Waals surface area contributed by atoms with E-state index in [1.807, 2.05) is 5.40 Å². The van der Waals surface area contributed by atoms with Crippen molar-refractivity contribution in [3.05, 3.63) is 157 Å². The molecule has 0 aromatic heterocycles. The minimum absolute atomic E-state index is 0. The molecule has 4 atom stereocenters. The molecule has 0 aliphatic carbocycles. The summed E-state index contributed by atoms with van der Waals surface area (Å²) >= 11 is 2.75. The summed E-state index contributed by atoms with van der Waals surface area (Å²) in [5.74, 6) is 0. The van der Waals surface area contributed by atoms with Gasteiger partial charge >= 0.3 is 24.6 Å². The maximum atomic E-state index is 2.75. The summed E-state index contributed by atoms with van der Waals surface area (Å²) in [7, 11) is 0. The van der Waals surface area contributed by atoms with Crippen LogP contribution in [0.25, 0.3) is 44.5 Å². The molecule has 8 rings (SSSR count). The summed E-state index contributed by atoms with van der Waals surface area (Å²) in [5.41, 5.74) is 15.9. The number of benzene rings is 6. The van der Waals surface area contributed by atoms with Crippen LogP contribution in [0.5, 0.6) is 0 Å². The second-order valence-electron chi connectivity index (χ2n) is 13.7. The van der Waals surface area contributed by atoms with E-state index in [4.69, 9.17) is 0 Å². The molecule has 0 spiro atoms. The molecule has 6 aromatic carbocycles. The molecule has 0 bridgehead atoms. The van der Waals surface area contributed by atoms with E-state index in [1.54, 1.807) is 0 Å². The SMILES string of the molecule is Cc1cc(-c2ccccc2)c(N2C(C)C2C)c(-c2ccccc2)c1.Cc1cc(-c2ccccc2)c(N2C(C)C2C)c(-c2ccccc2)c1.[CH3][Pd+].[Cl-]. The fourth-order valence-electron chi connectivity index (χ4n) is 7.29. The summed E-state index contributed by atoms with van der Waals surface area (Å²) in [4.78, 5) is 5.09. The van der Waals surface area contributed by atoms with Gasteiger partial charge in [-0.15, -0.1) is 0 Å². The van der Waals surface area contributed by atoms with Gasteiger partial charge in [-0.25, -0.2) is 0 Å². The van der Waals surface area contributed by atoms with E-state index in [0.717, 1.165) is 0 Å². The Balaban J connectivity index is 0.000000185. The van der Waals surface area contributed by atoms with Gasteiger partial charge in [0.1, 0.15) is 0 Å². The van der Waals surface area contributed by atoms with Crippen LogP contribution in [0.1, 0.15) is 38.8 Å². The van der Waals surface area contributed by atoms with Crippen LogP contribution < -0.4 is 22.2 Å². The third-order valence-corrected chi connectivity index (χ3v) is 10.3. The fourth-order valence-corrected chi connectivity index (χ4v) is 7.29. The van der Waals surface area contributed by atoms with Crippen LogP contribution in [0.4, 0.5) is 11.4 Å². The van der Waals surface area contributed by atoms with Crippen LogP contribution in [0, 0.1) is 13.8 Å². The standard InChI is InChI=1S/2C23H23N.CH3.ClH.Pd/c2*1-16-14-21(19-10-6-4-7-11-19)23(24-17(2)18(24)3)22(15-16)20-12-8-5-9-13-20;;;/h2*4-15,17-18H,1-3H3;1H3;1H;/q;;;;+1/p-1. The molecule has 4 unspecified atom stereocenters. The Hall–Kier alpha value is -4.13. The molecule has 0 radical (unpaired) electrons. The predicted molar refractivity (Wildman–Crippen MR) is 213 cm³/mol. The van der Waals surface area contributed by atoms with Gasteiger partial charge in [0.2, 0.25) is 0 Å². The Kier molecular flexibility index (Phi) is 12.6. The van der Waals surface area contributed by atoms with Crippen molar-refractivity contribution in [1.29, 1.82) is 0 Å². The van der Waals surface area contributed by atoms with Crippen LogP contribution in [0.15, 0.2) is 146 Å². The van der Waals surface area contributed by atoms with Crippen molar-refractivity contribution in [3.63, 3.8) is 0 Å². The maximum absolute atomic E-state index is 2.75. The molecule has 2 saturated heterocycles. The Morgan fingerprint density at radius 1 is 0.373 bits per heavy atom. The summed E-state index contributed by atoms with van der Waals surface area (Å²) in [5, 5.41) is 1.85. The monoisotopic (exact) mass is 782 g/mol. The van der Waals surface area contributed by atoms with E-state index in [-0.39, 0.29) is 12.4 Å². The van der Waals surface area contributed by atoms with Gasteiger partial charge in [-0.1, -0.05) is 121 Å². The van der Waals surface area contributed by atoms with Crippen molar-refractivity contribution in [2.24, 2.45) is 0 Å². The summed E-state index contributed by atoms with van der Waals surface area (Å²) in [6.07, 6.45) is 0. The van der Waals surface area contributed by atoms with Crippen molar-refractivity contribution < 1.29 is 31.6 Å². The molecule has 0 amide bonds. The minimum Gasteiger partial charge on any atom is -1.00 e. The number of hydrogen-bond donors (Lipinski definition) is 0. The second kappa shape index (κ2) is 16.9. The molecular weight excluding hydrogens is 734 g/mol. The van der Waals surface area contributed by atoms with E-state index in [0.29, 0.717) is 24.2 Å². The fraction of sp³-hybridized carbons (Fsp3) is 0.234. The van der Waals surface area contributed by atoms with E-state index < -0.39 is 0 Å². The maximum Gasteiger partial charge on any atom is -1.00 e. The average molecular weight is 784 g/mol. The quantitative estimate of drug-likeness (QED) is 0.123. The van der Waals surface area contributed by atoms with Gasteiger partial charge in [-0.05, 0) is 99.2 Å². The van der Waals surface area contributed by atoms with E-state index >= 15 is 0 Å². The number of hydrogen-bond acceptors (Lipinski definition) is 2. The van der Waals surface area contributed by atoms with Crippen LogP contribution >= 0.6 is 0 Å². The molecule has 0 saturated carbocycles. The molecule has 2 nitrogen and oxygen atoms in total. The number of halogens is 1. The van der Waals surface area contributed by atoms with Gasteiger partial charge in [0, 0.05) is 46.4 Å². The zero-order valence-corrected chi connectivity index (χ0v) is 33.1. The van der Waals surface area contributed by atoms with Gasteiger partial charge in [-0.3, -0.25) is 0 Å². The molecule has 264 valence electrons. The van der Waals surface area contributed by atoms with Crippen molar-refractivity contribution in [2.45, 2.75) is 71.1 Å². The first kappa shape index (κ1) is 38.1. The van der Waals surface area contributed by atoms with Gasteiger partial charge in [0.15, 0.2) is 0 Å². The molecule has 4 heteroatoms. The Morgan fingerprint density at radius 3 is 0.745 bits per heavy atom. The van der Waals surface area contributed by atoms with Crippen molar-refractivity contribution in [2.75, 3.05) is 9.80 Å². The van der Waals surface area contributed by atoms with Gasteiger partial charge < -0.3 is 22.2 Å². The minimum atomic E-state index is 0. The predicted octanol–water partition coefficient (Wildman–Crippen LogP) is 9.44. The zero-order chi connectivity index (χ0) is 35.4. The first-order valence-electron chi connectivity index (χ1n) is 17.7. The third-order valence-electron chi connectivity index (χ3n) is 10.3. The molecule has 2 heterocycles. The second-order valence-corrected chi connectivity index (χ2v) is 13.7. The van der Waals surface area contributed by atoms with Crippen LogP contribution in [0.2, 0.25) is 5.40 Å². The Morgan fingerprint density at radius 2 is 0.569 bits per heavy atom. The molecule has 2 aliphatic rings. The number of nitrogens with zero attached hydrogens (tertiary/aromatic N) is 2. The number of aryl methyl sites for hydroxylation is 2. The van der Waals surface area contributed by atoms with E-state index in [9.17, 15) is 0 Å². The molecule has 51 heavy (non-hydrogen) atoms. The average Bonchev–Trinajstić information content (AvgIpc) is 3.99. The Bertz CT molecular complexity index is 1730. The summed E-state index contributed by atoms with van der Waals surface area (Å²) in [6.45, 7) is 13.6. The smallest absolute Gasteiger partial charge is 1.00 e. The summed E-state index contributed by atoms with van der Waals surface area (Å²) < 4.78 is 0. The molecule has 6 aromatic rings. The Labute approximate surface area is 323 Å². The summed E-state index contributed by atoms with van der Waals surface area (Å²) in [6, 6.07) is 54.7. The van der Waals surface area contributed by atoms with Gasteiger partial charge in [-0.2, -0.15) is 0 Å². The topological polar surface area (TPSA) is 6.02 Å². The van der Waals surface area contributed by atoms with Crippen LogP contribution in [-0.4, -0.2) is 24.2 Å². The first-order valence-corrected chi connectivity index (χ1v) is 19.3. The molecule has 2 aliphatic heterocycles. The number of rotatable bonds is 6. The largest absolute Gasteiger partial charge is 1.00 e. The van der Waals surface area contributed by atoms with E-state index in [2.05, 4.69) is 216 Å². The zero-order valence-electron chi connectivity index (χ0n) is 30.8. The molecule has 0 N–H and O–H groups in total. The van der Waals surface area contributed by atoms with Crippen molar-refractivity contribution in [3.8, 4) is 44.5 Å². The first-order chi connectivity index (χ1) is 24.3. The van der Waals surface area contributed by atoms with Crippen LogP contribution in [-0.2, 0) is 19.2 Å². The normalized spacial score (nSPS) is 18.4. The molecule has 2 fully saturated rings. The van der Waals surface area contributed by atoms with E-state index in [1.165, 1.54) is 67.0 Å². The van der Waals surface area contributed by atoms with Gasteiger partial charge in [0.25, 0.3) is 0 Å². The van der Waals surface area contributed by atoms with Gasteiger partial charge in [0.05, 0.1) is 11.4 Å². The molecular formula is C47H49ClN2Pd. The van der Waals surface area contributed by atoms with Crippen molar-refractivity contribution >= 4 is 11.4 Å². The number of anilines is 2. The third kappa shape index (κ3) is 8.18. The van der Waals surface area contributed by atoms with Crippen molar-refractivity contribution in [1.82, 2.24) is 0 Å².